The Morgan fingerprint density at radius 3 is 1.91 bits per heavy atom. The molecule has 2 N–H and O–H groups in total. The predicted molar refractivity (Wildman–Crippen MR) is 301 cm³/mol. The maximum Gasteiger partial charge on any atom is 0.313 e. The number of hydrogen-bond donors (Lipinski definition) is 2. The van der Waals surface area contributed by atoms with Crippen molar-refractivity contribution in [2.45, 2.75) is 115 Å². The number of likely N-dealkylation sites (tertiary alicyclic amines) is 1. The number of piperidine rings is 2. The molecule has 1 saturated heterocycles. The van der Waals surface area contributed by atoms with Gasteiger partial charge in [-0.05, 0) is 57.4 Å². The fourth-order valence-electron chi connectivity index (χ4n) is 11.3. The Morgan fingerprint density at radius 1 is 0.706 bits per heavy atom. The van der Waals surface area contributed by atoms with Gasteiger partial charge < -0.3 is 57.8 Å². The van der Waals surface area contributed by atoms with Crippen molar-refractivity contribution < 1.29 is 70.2 Å². The second-order valence-corrected chi connectivity index (χ2v) is 21.6. The van der Waals surface area contributed by atoms with Crippen molar-refractivity contribution in [3.8, 4) is 5.75 Å². The van der Waals surface area contributed by atoms with Crippen LogP contribution in [-0.2, 0) is 67.0 Å². The van der Waals surface area contributed by atoms with Crippen LogP contribution in [0.5, 0.6) is 5.75 Å². The van der Waals surface area contributed by atoms with Crippen LogP contribution in [0.4, 0.5) is 13.2 Å². The third-order valence-corrected chi connectivity index (χ3v) is 15.5. The largest absolute Gasteiger partial charge is 0.420 e. The highest BCUT2D eigenvalue weighted by Gasteiger charge is 2.75. The molecule has 2 aromatic carbocycles. The maximum atomic E-state index is 13.6. The summed E-state index contributed by atoms with van der Waals surface area (Å²) in [6.45, 7) is 14.2. The Hall–Kier alpha value is -6.23. The Labute approximate surface area is 493 Å². The van der Waals surface area contributed by atoms with Gasteiger partial charge in [0, 0.05) is 67.1 Å². The standard InChI is InChI=1S/C59H82F3N11O12/c1-42(2)57-68-66-43(3)73(57)53-37-52-59(53)15-12-51(59)72(52)17-13-50(44-9-5-4-6-10-44)65-54(74)41-71-39-45(38-64-71)58(76)63-16-8-7-11-47-40-70(69-67-47)18-20-78-22-24-80-26-28-82-30-32-84-34-33-83-31-29-81-27-25-79-23-21-77-19-14-55(75)85-56-48(61)35-46(60)36-49(56)62/h4-6,9-10,35-36,38-40,42,50-53H,7-8,11-34,37,41H2,1-3H3,(H,63,76)(H,65,74)/t50-,51?,52?,53?,59?/m0/s1. The number of ether oxygens (including phenoxy) is 9. The molecule has 2 aliphatic carbocycles. The lowest BCUT2D eigenvalue weighted by molar-refractivity contribution is -0.295. The molecule has 0 radical (unpaired) electrons. The number of aryl methyl sites for hydroxylation is 2. The number of amides is 2. The van der Waals surface area contributed by atoms with Gasteiger partial charge in [0.2, 0.25) is 11.7 Å². The first-order valence-electron chi connectivity index (χ1n) is 29.6. The van der Waals surface area contributed by atoms with Crippen molar-refractivity contribution in [1.29, 1.82) is 0 Å². The van der Waals surface area contributed by atoms with E-state index in [1.807, 2.05) is 24.4 Å². The Balaban J connectivity index is 0.563. The molecule has 2 saturated carbocycles. The molecule has 26 heteroatoms. The second-order valence-electron chi connectivity index (χ2n) is 21.6. The number of rotatable bonds is 43. The van der Waals surface area contributed by atoms with Gasteiger partial charge in [0.25, 0.3) is 5.91 Å². The van der Waals surface area contributed by atoms with Gasteiger partial charge >= 0.3 is 5.97 Å². The first-order chi connectivity index (χ1) is 41.4. The first kappa shape index (κ1) is 64.8. The number of benzene rings is 2. The molecular formula is C59H82F3N11O12. The number of aromatic nitrogens is 8. The quantitative estimate of drug-likeness (QED) is 0.0277. The lowest BCUT2D eigenvalue weighted by Gasteiger charge is -2.80. The number of esters is 1. The summed E-state index contributed by atoms with van der Waals surface area (Å²) in [5.41, 5.74) is 2.66. The van der Waals surface area contributed by atoms with Crippen LogP contribution in [0.1, 0.15) is 110 Å². The average Bonchev–Trinajstić information content (AvgIpc) is 1.32. The van der Waals surface area contributed by atoms with Crippen LogP contribution >= 0.6 is 0 Å². The van der Waals surface area contributed by atoms with Crippen LogP contribution in [-0.4, -0.2) is 193 Å². The summed E-state index contributed by atoms with van der Waals surface area (Å²) < 4.78 is 94.3. The Kier molecular flexibility index (Phi) is 25.6. The average molecular weight is 1190 g/mol. The molecule has 5 aromatic rings. The van der Waals surface area contributed by atoms with E-state index in [-0.39, 0.29) is 50.6 Å². The molecular weight excluding hydrogens is 1110 g/mol. The number of halogens is 3. The third-order valence-electron chi connectivity index (χ3n) is 15.5. The molecule has 2 amide bonds. The van der Waals surface area contributed by atoms with Gasteiger partial charge in [-0.2, -0.15) is 5.10 Å². The molecule has 3 fully saturated rings. The van der Waals surface area contributed by atoms with E-state index in [0.29, 0.717) is 146 Å². The summed E-state index contributed by atoms with van der Waals surface area (Å²) in [7, 11) is 0. The van der Waals surface area contributed by atoms with Crippen molar-refractivity contribution in [2.75, 3.05) is 119 Å². The number of unbranched alkanes of at least 4 members (excludes halogenated alkanes) is 1. The summed E-state index contributed by atoms with van der Waals surface area (Å²) in [5, 5.41) is 28.1. The molecule has 3 aliphatic rings. The SMILES string of the molecule is Cc1nnc(C(C)C)n1C1CC2N(CC[C@H](NC(=O)Cn3cc(C(=O)NCCCCc4cn(CCOCCOCCOCCOCCOCCOCCOCCOCCC(=O)Oc5c(F)cc(F)cc5F)nn4)cn3)c3ccccc3)C3CCC321. The number of carbonyl (C=O) groups is 3. The minimum absolute atomic E-state index is 0.00540. The van der Waals surface area contributed by atoms with E-state index in [9.17, 15) is 27.6 Å². The van der Waals surface area contributed by atoms with E-state index in [4.69, 9.17) is 37.9 Å². The van der Waals surface area contributed by atoms with Crippen LogP contribution in [0.25, 0.3) is 0 Å². The highest BCUT2D eigenvalue weighted by molar-refractivity contribution is 5.93. The first-order valence-corrected chi connectivity index (χ1v) is 29.6. The number of nitrogens with one attached hydrogen (secondary N) is 2. The molecule has 5 atom stereocenters. The van der Waals surface area contributed by atoms with Crippen molar-refractivity contribution in [3.05, 3.63) is 107 Å². The monoisotopic (exact) mass is 1190 g/mol. The maximum absolute atomic E-state index is 13.6. The van der Waals surface area contributed by atoms with Crippen LogP contribution < -0.4 is 15.4 Å². The highest BCUT2D eigenvalue weighted by Crippen LogP contribution is 2.73. The number of hydrogen-bond acceptors (Lipinski definition) is 18. The van der Waals surface area contributed by atoms with Crippen LogP contribution in [0.2, 0.25) is 0 Å². The van der Waals surface area contributed by atoms with E-state index in [1.54, 1.807) is 10.9 Å². The third kappa shape index (κ3) is 18.6. The van der Waals surface area contributed by atoms with Crippen LogP contribution in [0, 0.1) is 29.8 Å². The minimum Gasteiger partial charge on any atom is -0.420 e. The smallest absolute Gasteiger partial charge is 0.313 e. The van der Waals surface area contributed by atoms with Crippen LogP contribution in [0.3, 0.4) is 0 Å². The number of nitrogens with zero attached hydrogens (tertiary/aromatic N) is 9. The zero-order valence-corrected chi connectivity index (χ0v) is 49.0. The van der Waals surface area contributed by atoms with Gasteiger partial charge in [-0.25, -0.2) is 17.9 Å². The second kappa shape index (κ2) is 33.6. The lowest BCUT2D eigenvalue weighted by Crippen LogP contribution is -2.85. The zero-order chi connectivity index (χ0) is 59.8. The molecule has 1 spiro atoms. The Bertz CT molecular complexity index is 2810. The molecule has 4 unspecified atom stereocenters. The normalized spacial score (nSPS) is 18.3. The van der Waals surface area contributed by atoms with E-state index < -0.39 is 29.2 Å². The molecule has 3 aromatic heterocycles. The van der Waals surface area contributed by atoms with Crippen LogP contribution in [0.15, 0.2) is 61.1 Å². The highest BCUT2D eigenvalue weighted by atomic mass is 19.1. The van der Waals surface area contributed by atoms with Gasteiger partial charge in [-0.15, -0.1) is 15.3 Å². The van der Waals surface area contributed by atoms with Gasteiger partial charge in [0.1, 0.15) is 24.0 Å². The summed E-state index contributed by atoms with van der Waals surface area (Å²) in [6.07, 6.45) is 11.4. The Morgan fingerprint density at radius 2 is 1.32 bits per heavy atom. The van der Waals surface area contributed by atoms with E-state index in [1.165, 1.54) is 23.7 Å². The van der Waals surface area contributed by atoms with E-state index in [2.05, 4.69) is 83.3 Å². The molecule has 4 heterocycles. The lowest BCUT2D eigenvalue weighted by atomic mass is 9.40. The van der Waals surface area contributed by atoms with E-state index in [0.717, 1.165) is 61.6 Å². The van der Waals surface area contributed by atoms with Crippen molar-refractivity contribution in [3.63, 3.8) is 0 Å². The van der Waals surface area contributed by atoms with E-state index >= 15 is 0 Å². The topological polar surface area (TPSA) is 241 Å². The minimum atomic E-state index is -1.31. The van der Waals surface area contributed by atoms with Gasteiger partial charge in [-0.1, -0.05) is 49.4 Å². The van der Waals surface area contributed by atoms with Crippen molar-refractivity contribution >= 4 is 17.8 Å². The molecule has 85 heavy (non-hydrogen) atoms. The van der Waals surface area contributed by atoms with Crippen molar-refractivity contribution in [2.24, 2.45) is 5.41 Å². The fraction of sp³-hybridized carbons (Fsp3) is 0.627. The predicted octanol–water partition coefficient (Wildman–Crippen LogP) is 5.52. The molecule has 23 nitrogen and oxygen atoms in total. The molecule has 8 rings (SSSR count). The molecule has 0 bridgehead atoms. The summed E-state index contributed by atoms with van der Waals surface area (Å²) in [4.78, 5) is 40.9. The number of carbonyl (C=O) groups excluding carboxylic acids is 3. The van der Waals surface area contributed by atoms with Gasteiger partial charge in [-0.3, -0.25) is 24.0 Å². The van der Waals surface area contributed by atoms with Gasteiger partial charge in [0.05, 0.1) is 142 Å². The summed E-state index contributed by atoms with van der Waals surface area (Å²) in [5.74, 6) is -3.55. The fourth-order valence-corrected chi connectivity index (χ4v) is 11.3. The molecule has 466 valence electrons. The summed E-state index contributed by atoms with van der Waals surface area (Å²) in [6, 6.07) is 12.4. The summed E-state index contributed by atoms with van der Waals surface area (Å²) >= 11 is 0. The molecule has 1 aliphatic heterocycles. The van der Waals surface area contributed by atoms with Gasteiger partial charge in [0.15, 0.2) is 11.6 Å². The zero-order valence-electron chi connectivity index (χ0n) is 49.0. The van der Waals surface area contributed by atoms with Crippen molar-refractivity contribution in [1.82, 2.24) is 55.1 Å².